The first-order valence-corrected chi connectivity index (χ1v) is 7.96. The van der Waals surface area contributed by atoms with Crippen molar-refractivity contribution in [2.75, 3.05) is 16.8 Å². The summed E-state index contributed by atoms with van der Waals surface area (Å²) >= 11 is 0. The Morgan fingerprint density at radius 1 is 1.15 bits per heavy atom. The zero-order valence-corrected chi connectivity index (χ0v) is 14.4. The molecule has 2 rings (SSSR count). The summed E-state index contributed by atoms with van der Waals surface area (Å²) < 4.78 is 38.6. The van der Waals surface area contributed by atoms with Crippen LogP contribution in [0.2, 0.25) is 0 Å². The van der Waals surface area contributed by atoms with E-state index < -0.39 is 23.6 Å². The molecule has 0 saturated carbocycles. The van der Waals surface area contributed by atoms with E-state index in [1.807, 2.05) is 6.07 Å². The molecule has 0 heterocycles. The van der Waals surface area contributed by atoms with Gasteiger partial charge in [0.25, 0.3) is 0 Å². The molecule has 0 aliphatic rings. The molecule has 0 bridgehead atoms. The molecule has 0 aromatic heterocycles. The largest absolute Gasteiger partial charge is 0.416 e. The molecule has 0 radical (unpaired) electrons. The second-order valence-corrected chi connectivity index (χ2v) is 5.71. The Hall–Kier alpha value is -3.34. The number of hydrogen-bond donors (Lipinski definition) is 1. The Morgan fingerprint density at radius 3 is 2.37 bits per heavy atom. The van der Waals surface area contributed by atoms with Crippen molar-refractivity contribution >= 4 is 23.2 Å². The standard InChI is InChI=1S/C19H16F3N3O2/c1-13(26)25(17-4-2-3-15(11-17)19(20,21)22)10-9-18(27)24-16-7-5-14(12-23)6-8-16/h2-8,11H,9-10H2,1H3,(H,24,27). The van der Waals surface area contributed by atoms with Crippen LogP contribution < -0.4 is 10.2 Å². The fraction of sp³-hybridized carbons (Fsp3) is 0.211. The SMILES string of the molecule is CC(=O)N(CCC(=O)Nc1ccc(C#N)cc1)c1cccc(C(F)(F)F)c1. The minimum Gasteiger partial charge on any atom is -0.326 e. The maximum absolute atomic E-state index is 12.9. The quantitative estimate of drug-likeness (QED) is 0.860. The number of nitrogens with one attached hydrogen (secondary N) is 1. The molecule has 0 atom stereocenters. The molecule has 2 aromatic rings. The lowest BCUT2D eigenvalue weighted by molar-refractivity contribution is -0.137. The maximum atomic E-state index is 12.9. The van der Waals surface area contributed by atoms with Crippen molar-refractivity contribution in [3.05, 3.63) is 59.7 Å². The first kappa shape index (κ1) is 20.0. The monoisotopic (exact) mass is 375 g/mol. The van der Waals surface area contributed by atoms with Crippen LogP contribution in [0.3, 0.4) is 0 Å². The van der Waals surface area contributed by atoms with Crippen LogP contribution in [0.4, 0.5) is 24.5 Å². The third-order valence-corrected chi connectivity index (χ3v) is 3.73. The summed E-state index contributed by atoms with van der Waals surface area (Å²) in [6.45, 7) is 1.15. The third kappa shape index (κ3) is 5.57. The molecule has 0 fully saturated rings. The summed E-state index contributed by atoms with van der Waals surface area (Å²) in [6.07, 6.45) is -4.62. The Balaban J connectivity index is 2.05. The smallest absolute Gasteiger partial charge is 0.326 e. The summed E-state index contributed by atoms with van der Waals surface area (Å²) in [6, 6.07) is 12.6. The van der Waals surface area contributed by atoms with Gasteiger partial charge in [0.05, 0.1) is 17.2 Å². The molecular formula is C19H16F3N3O2. The van der Waals surface area contributed by atoms with Gasteiger partial charge < -0.3 is 10.2 Å². The molecule has 0 unspecified atom stereocenters. The average molecular weight is 375 g/mol. The first-order valence-electron chi connectivity index (χ1n) is 7.96. The number of benzene rings is 2. The first-order chi connectivity index (χ1) is 12.7. The lowest BCUT2D eigenvalue weighted by Crippen LogP contribution is -2.32. The van der Waals surface area contributed by atoms with Crippen molar-refractivity contribution in [1.29, 1.82) is 5.26 Å². The Morgan fingerprint density at radius 2 is 1.81 bits per heavy atom. The normalized spacial score (nSPS) is 10.8. The molecule has 1 N–H and O–H groups in total. The Kier molecular flexibility index (Phi) is 6.19. The van der Waals surface area contributed by atoms with Crippen molar-refractivity contribution < 1.29 is 22.8 Å². The molecule has 2 amide bonds. The van der Waals surface area contributed by atoms with Gasteiger partial charge in [0.1, 0.15) is 0 Å². The topological polar surface area (TPSA) is 73.2 Å². The van der Waals surface area contributed by atoms with Crippen LogP contribution in [0.5, 0.6) is 0 Å². The van der Waals surface area contributed by atoms with E-state index in [0.29, 0.717) is 11.3 Å². The number of nitriles is 1. The Bertz CT molecular complexity index is 871. The molecule has 140 valence electrons. The molecule has 2 aromatic carbocycles. The van der Waals surface area contributed by atoms with Gasteiger partial charge in [-0.05, 0) is 42.5 Å². The minimum atomic E-state index is -4.52. The van der Waals surface area contributed by atoms with E-state index in [2.05, 4.69) is 5.32 Å². The number of nitrogens with zero attached hydrogens (tertiary/aromatic N) is 2. The molecule has 5 nitrogen and oxygen atoms in total. The van der Waals surface area contributed by atoms with Crippen LogP contribution >= 0.6 is 0 Å². The van der Waals surface area contributed by atoms with Crippen LogP contribution in [0, 0.1) is 11.3 Å². The molecule has 27 heavy (non-hydrogen) atoms. The van der Waals surface area contributed by atoms with Gasteiger partial charge in [0.15, 0.2) is 0 Å². The number of hydrogen-bond acceptors (Lipinski definition) is 3. The highest BCUT2D eigenvalue weighted by atomic mass is 19.4. The zero-order valence-electron chi connectivity index (χ0n) is 14.4. The molecule has 0 saturated heterocycles. The van der Waals surface area contributed by atoms with E-state index >= 15 is 0 Å². The van der Waals surface area contributed by atoms with E-state index in [-0.39, 0.29) is 18.7 Å². The van der Waals surface area contributed by atoms with Crippen LogP contribution in [0.25, 0.3) is 0 Å². The highest BCUT2D eigenvalue weighted by molar-refractivity contribution is 5.94. The highest BCUT2D eigenvalue weighted by Gasteiger charge is 2.31. The summed E-state index contributed by atoms with van der Waals surface area (Å²) in [5.74, 6) is -0.876. The molecule has 0 aliphatic heterocycles. The molecule has 0 aliphatic carbocycles. The van der Waals surface area contributed by atoms with Gasteiger partial charge in [-0.3, -0.25) is 9.59 Å². The van der Waals surface area contributed by atoms with Gasteiger partial charge in [-0.25, -0.2) is 0 Å². The van der Waals surface area contributed by atoms with E-state index in [9.17, 15) is 22.8 Å². The highest BCUT2D eigenvalue weighted by Crippen LogP contribution is 2.31. The van der Waals surface area contributed by atoms with Gasteiger partial charge >= 0.3 is 6.18 Å². The summed E-state index contributed by atoms with van der Waals surface area (Å²) in [5.41, 5.74) is 0.129. The van der Waals surface area contributed by atoms with Crippen molar-refractivity contribution in [1.82, 2.24) is 0 Å². The number of rotatable bonds is 5. The van der Waals surface area contributed by atoms with Crippen LogP contribution in [0.1, 0.15) is 24.5 Å². The number of amides is 2. The minimum absolute atomic E-state index is 0.0707. The average Bonchev–Trinajstić information content (AvgIpc) is 2.62. The number of alkyl halides is 3. The lowest BCUT2D eigenvalue weighted by atomic mass is 10.1. The summed E-state index contributed by atoms with van der Waals surface area (Å²) in [5, 5.41) is 11.3. The van der Waals surface area contributed by atoms with Gasteiger partial charge in [-0.1, -0.05) is 6.07 Å². The second-order valence-electron chi connectivity index (χ2n) is 5.71. The maximum Gasteiger partial charge on any atom is 0.416 e. The van der Waals surface area contributed by atoms with Crippen LogP contribution in [-0.2, 0) is 15.8 Å². The van der Waals surface area contributed by atoms with Crippen LogP contribution in [0.15, 0.2) is 48.5 Å². The van der Waals surface area contributed by atoms with Crippen molar-refractivity contribution in [3.8, 4) is 6.07 Å². The van der Waals surface area contributed by atoms with E-state index in [1.165, 1.54) is 19.1 Å². The zero-order chi connectivity index (χ0) is 20.0. The third-order valence-electron chi connectivity index (χ3n) is 3.73. The summed E-state index contributed by atoms with van der Waals surface area (Å²) in [4.78, 5) is 25.0. The van der Waals surface area contributed by atoms with Gasteiger partial charge in [-0.2, -0.15) is 18.4 Å². The second kappa shape index (κ2) is 8.36. The van der Waals surface area contributed by atoms with Crippen molar-refractivity contribution in [2.45, 2.75) is 19.5 Å². The fourth-order valence-electron chi connectivity index (χ4n) is 2.38. The molecular weight excluding hydrogens is 359 g/mol. The van der Waals surface area contributed by atoms with E-state index in [1.54, 1.807) is 24.3 Å². The molecule has 8 heteroatoms. The lowest BCUT2D eigenvalue weighted by Gasteiger charge is -2.22. The number of halogens is 3. The van der Waals surface area contributed by atoms with Crippen LogP contribution in [-0.4, -0.2) is 18.4 Å². The number of anilines is 2. The Labute approximate surface area is 154 Å². The van der Waals surface area contributed by atoms with E-state index in [4.69, 9.17) is 5.26 Å². The van der Waals surface area contributed by atoms with E-state index in [0.717, 1.165) is 17.0 Å². The predicted molar refractivity (Wildman–Crippen MR) is 93.9 cm³/mol. The van der Waals surface area contributed by atoms with Gasteiger partial charge in [0.2, 0.25) is 11.8 Å². The van der Waals surface area contributed by atoms with Gasteiger partial charge in [0, 0.05) is 31.3 Å². The molecule has 0 spiro atoms. The number of carbonyl (C=O) groups excluding carboxylic acids is 2. The summed E-state index contributed by atoms with van der Waals surface area (Å²) in [7, 11) is 0. The fourth-order valence-corrected chi connectivity index (χ4v) is 2.38. The van der Waals surface area contributed by atoms with Crippen molar-refractivity contribution in [3.63, 3.8) is 0 Å². The number of carbonyl (C=O) groups is 2. The van der Waals surface area contributed by atoms with Crippen molar-refractivity contribution in [2.24, 2.45) is 0 Å². The predicted octanol–water partition coefficient (Wildman–Crippen LogP) is 3.96. The van der Waals surface area contributed by atoms with Gasteiger partial charge in [-0.15, -0.1) is 0 Å².